The van der Waals surface area contributed by atoms with Crippen molar-refractivity contribution in [1.82, 2.24) is 10.2 Å². The molecule has 0 aliphatic carbocycles. The summed E-state index contributed by atoms with van der Waals surface area (Å²) >= 11 is 0. The van der Waals surface area contributed by atoms with Gasteiger partial charge in [0.1, 0.15) is 18.1 Å². The Balaban J connectivity index is 1.59. The van der Waals surface area contributed by atoms with E-state index in [-0.39, 0.29) is 30.5 Å². The second kappa shape index (κ2) is 11.2. The van der Waals surface area contributed by atoms with Crippen LogP contribution in [0.4, 0.5) is 13.2 Å². The van der Waals surface area contributed by atoms with Crippen LogP contribution in [-0.4, -0.2) is 42.8 Å². The maximum absolute atomic E-state index is 13.4. The Morgan fingerprint density at radius 3 is 2.39 bits per heavy atom. The van der Waals surface area contributed by atoms with Crippen molar-refractivity contribution in [2.24, 2.45) is 0 Å². The molecule has 1 heterocycles. The third kappa shape index (κ3) is 6.56. The molecule has 9 heteroatoms. The molecule has 36 heavy (non-hydrogen) atoms. The van der Waals surface area contributed by atoms with Gasteiger partial charge in [-0.15, -0.1) is 13.2 Å². The quantitative estimate of drug-likeness (QED) is 0.541. The van der Waals surface area contributed by atoms with Gasteiger partial charge in [0.05, 0.1) is 12.1 Å². The highest BCUT2D eigenvalue weighted by Gasteiger charge is 2.31. The summed E-state index contributed by atoms with van der Waals surface area (Å²) in [6.07, 6.45) is -3.39. The van der Waals surface area contributed by atoms with Crippen molar-refractivity contribution < 1.29 is 32.2 Å². The minimum atomic E-state index is -4.81. The van der Waals surface area contributed by atoms with Gasteiger partial charge in [0.15, 0.2) is 0 Å². The van der Waals surface area contributed by atoms with Crippen molar-refractivity contribution in [1.29, 1.82) is 0 Å². The zero-order valence-electron chi connectivity index (χ0n) is 19.4. The van der Waals surface area contributed by atoms with E-state index in [1.165, 1.54) is 12.1 Å². The molecule has 188 valence electrons. The largest absolute Gasteiger partial charge is 0.573 e. The zero-order valence-corrected chi connectivity index (χ0v) is 19.4. The summed E-state index contributed by atoms with van der Waals surface area (Å²) in [6.45, 7) is 1.10. The molecule has 0 unspecified atom stereocenters. The molecule has 1 N–H and O–H groups in total. The second-order valence-corrected chi connectivity index (χ2v) is 8.27. The molecule has 6 nitrogen and oxygen atoms in total. The molecule has 0 saturated carbocycles. The molecule has 0 atom stereocenters. The Morgan fingerprint density at radius 1 is 0.944 bits per heavy atom. The monoisotopic (exact) mass is 498 g/mol. The number of aryl methyl sites for hydroxylation is 1. The van der Waals surface area contributed by atoms with E-state index in [0.29, 0.717) is 37.2 Å². The Bertz CT molecular complexity index is 1210. The molecule has 0 saturated heterocycles. The molecule has 0 spiro atoms. The molecule has 1 aliphatic rings. The first-order chi connectivity index (χ1) is 17.3. The van der Waals surface area contributed by atoms with Gasteiger partial charge in [0.2, 0.25) is 0 Å². The highest BCUT2D eigenvalue weighted by Crippen LogP contribution is 2.24. The van der Waals surface area contributed by atoms with Crippen LogP contribution in [0.1, 0.15) is 38.3 Å². The van der Waals surface area contributed by atoms with Crippen LogP contribution in [0.3, 0.4) is 0 Å². The normalized spacial score (nSPS) is 15.0. The molecule has 0 radical (unpaired) electrons. The fraction of sp³-hybridized carbons (Fsp3) is 0.259. The lowest BCUT2D eigenvalue weighted by molar-refractivity contribution is -0.274. The number of fused-ring (bicyclic) bond motifs is 2. The predicted octanol–water partition coefficient (Wildman–Crippen LogP) is 4.98. The van der Waals surface area contributed by atoms with Gasteiger partial charge in [-0.2, -0.15) is 0 Å². The number of hydrogen-bond donors (Lipinski definition) is 1. The number of carbonyl (C=O) groups excluding carboxylic acids is 2. The summed E-state index contributed by atoms with van der Waals surface area (Å²) < 4.78 is 47.3. The molecule has 2 amide bonds. The van der Waals surface area contributed by atoms with E-state index in [1.54, 1.807) is 29.2 Å². The van der Waals surface area contributed by atoms with Gasteiger partial charge >= 0.3 is 6.36 Å². The Kier molecular flexibility index (Phi) is 7.77. The van der Waals surface area contributed by atoms with Gasteiger partial charge in [-0.25, -0.2) is 0 Å². The number of hydrogen-bond acceptors (Lipinski definition) is 4. The number of ether oxygens (including phenoxy) is 2. The highest BCUT2D eigenvalue weighted by molar-refractivity contribution is 5.97. The lowest BCUT2D eigenvalue weighted by atomic mass is 10.0. The van der Waals surface area contributed by atoms with Gasteiger partial charge in [0, 0.05) is 18.7 Å². The van der Waals surface area contributed by atoms with Crippen LogP contribution in [0, 0.1) is 0 Å². The number of nitrogens with one attached hydrogen (secondary N) is 1. The van der Waals surface area contributed by atoms with Crippen LogP contribution < -0.4 is 14.8 Å². The molecule has 3 aromatic rings. The van der Waals surface area contributed by atoms with Gasteiger partial charge in [-0.1, -0.05) is 36.4 Å². The number of halogens is 3. The minimum Gasteiger partial charge on any atom is -0.491 e. The molecule has 3 aromatic carbocycles. The van der Waals surface area contributed by atoms with E-state index in [0.717, 1.165) is 23.3 Å². The van der Waals surface area contributed by atoms with E-state index >= 15 is 0 Å². The van der Waals surface area contributed by atoms with Crippen molar-refractivity contribution in [2.45, 2.75) is 25.7 Å². The van der Waals surface area contributed by atoms with Crippen LogP contribution in [0.25, 0.3) is 0 Å². The fourth-order valence-corrected chi connectivity index (χ4v) is 4.02. The van der Waals surface area contributed by atoms with Crippen molar-refractivity contribution in [3.8, 4) is 11.5 Å². The van der Waals surface area contributed by atoms with Crippen molar-refractivity contribution in [3.63, 3.8) is 0 Å². The van der Waals surface area contributed by atoms with E-state index in [9.17, 15) is 22.8 Å². The summed E-state index contributed by atoms with van der Waals surface area (Å²) in [4.78, 5) is 27.6. The van der Waals surface area contributed by atoms with Crippen molar-refractivity contribution in [3.05, 3.63) is 95.1 Å². The molecule has 1 aliphatic heterocycles. The Labute approximate surface area is 206 Å². The third-order valence-corrected chi connectivity index (χ3v) is 5.76. The second-order valence-electron chi connectivity index (χ2n) is 8.27. The van der Waals surface area contributed by atoms with E-state index in [2.05, 4.69) is 10.1 Å². The Morgan fingerprint density at radius 2 is 1.64 bits per heavy atom. The van der Waals surface area contributed by atoms with Gasteiger partial charge < -0.3 is 19.7 Å². The van der Waals surface area contributed by atoms with Crippen LogP contribution >= 0.6 is 0 Å². The van der Waals surface area contributed by atoms with Crippen LogP contribution in [0.15, 0.2) is 72.8 Å². The van der Waals surface area contributed by atoms with E-state index in [1.807, 2.05) is 24.3 Å². The predicted molar refractivity (Wildman–Crippen MR) is 127 cm³/mol. The highest BCUT2D eigenvalue weighted by atomic mass is 19.4. The zero-order chi connectivity index (χ0) is 25.5. The topological polar surface area (TPSA) is 67.9 Å². The van der Waals surface area contributed by atoms with Crippen molar-refractivity contribution in [2.75, 3.05) is 19.7 Å². The SMILES string of the molecule is O=C1NCCCc2ccccc2CN(C(=O)c2ccc(OC(F)(F)F)cc2)CCOc2ccccc21. The lowest BCUT2D eigenvalue weighted by Gasteiger charge is -2.25. The van der Waals surface area contributed by atoms with Gasteiger partial charge in [-0.3, -0.25) is 9.59 Å². The molecule has 0 fully saturated rings. The average molecular weight is 499 g/mol. The summed E-state index contributed by atoms with van der Waals surface area (Å²) in [5.74, 6) is -0.577. The standard InChI is InChI=1S/C27H25F3N2O4/c28-27(29,30)36-22-13-11-20(12-14-22)26(34)32-16-17-35-24-10-4-3-9-23(24)25(33)31-15-5-8-19-6-1-2-7-21(19)18-32/h1-4,6-7,9-14H,5,8,15-18H2,(H,31,33). The first-order valence-electron chi connectivity index (χ1n) is 11.5. The molecular formula is C27H25F3N2O4. The van der Waals surface area contributed by atoms with E-state index < -0.39 is 12.1 Å². The van der Waals surface area contributed by atoms with Crippen LogP contribution in [0.2, 0.25) is 0 Å². The van der Waals surface area contributed by atoms with Crippen molar-refractivity contribution >= 4 is 11.8 Å². The number of benzene rings is 3. The number of nitrogens with zero attached hydrogens (tertiary/aromatic N) is 1. The number of para-hydroxylation sites is 1. The van der Waals surface area contributed by atoms with Crippen LogP contribution in [0.5, 0.6) is 11.5 Å². The number of alkyl halides is 3. The first-order valence-corrected chi connectivity index (χ1v) is 11.5. The minimum absolute atomic E-state index is 0.119. The number of carbonyl (C=O) groups is 2. The molecule has 0 aromatic heterocycles. The van der Waals surface area contributed by atoms with Gasteiger partial charge in [-0.05, 0) is 60.4 Å². The average Bonchev–Trinajstić information content (AvgIpc) is 2.85. The molecular weight excluding hydrogens is 473 g/mol. The maximum Gasteiger partial charge on any atom is 0.573 e. The molecule has 4 rings (SSSR count). The maximum atomic E-state index is 13.4. The number of rotatable bonds is 2. The third-order valence-electron chi connectivity index (χ3n) is 5.76. The van der Waals surface area contributed by atoms with Gasteiger partial charge in [0.25, 0.3) is 11.8 Å². The smallest absolute Gasteiger partial charge is 0.491 e. The summed E-state index contributed by atoms with van der Waals surface area (Å²) in [5.41, 5.74) is 2.64. The van der Waals surface area contributed by atoms with Crippen LogP contribution in [-0.2, 0) is 13.0 Å². The fourth-order valence-electron chi connectivity index (χ4n) is 4.02. The summed E-state index contributed by atoms with van der Waals surface area (Å²) in [6, 6.07) is 19.5. The molecule has 0 bridgehead atoms. The Hall–Kier alpha value is -4.01. The number of amides is 2. The summed E-state index contributed by atoms with van der Waals surface area (Å²) in [7, 11) is 0. The summed E-state index contributed by atoms with van der Waals surface area (Å²) in [5, 5.41) is 2.93. The lowest BCUT2D eigenvalue weighted by Crippen LogP contribution is -2.35. The van der Waals surface area contributed by atoms with E-state index in [4.69, 9.17) is 4.74 Å². The first kappa shape index (κ1) is 25.1.